The first kappa shape index (κ1) is 23.7. The summed E-state index contributed by atoms with van der Waals surface area (Å²) in [4.78, 5) is 15.3. The Kier molecular flexibility index (Phi) is 6.29. The Balaban J connectivity index is 1.59. The number of terminal acetylenes is 1. The number of halogens is 2. The van der Waals surface area contributed by atoms with Crippen LogP contribution in [0.1, 0.15) is 35.2 Å². The number of phenols is 1. The van der Waals surface area contributed by atoms with Crippen molar-refractivity contribution in [1.29, 1.82) is 0 Å². The smallest absolute Gasteiger partial charge is 0.318 e. The SMILES string of the molecule is C#Cc1c(F)ccc2cc(O)cc(C(=C)N=Cc3c(CF)nc(OC)nc3N3CC4CCC(C3)N4)c12. The Morgan fingerprint density at radius 1 is 1.33 bits per heavy atom. The number of benzene rings is 2. The number of aliphatic imine (C=N–C) groups is 1. The van der Waals surface area contributed by atoms with E-state index >= 15 is 0 Å². The predicted octanol–water partition coefficient (Wildman–Crippen LogP) is 3.96. The van der Waals surface area contributed by atoms with E-state index in [0.717, 1.165) is 12.8 Å². The van der Waals surface area contributed by atoms with Gasteiger partial charge in [0.05, 0.1) is 29.6 Å². The summed E-state index contributed by atoms with van der Waals surface area (Å²) in [5, 5.41) is 14.8. The molecular formula is C27H25F2N5O2. The van der Waals surface area contributed by atoms with Crippen molar-refractivity contribution in [2.45, 2.75) is 31.6 Å². The van der Waals surface area contributed by atoms with E-state index in [2.05, 4.69) is 37.7 Å². The number of hydrogen-bond acceptors (Lipinski definition) is 7. The molecule has 2 atom stereocenters. The van der Waals surface area contributed by atoms with Crippen molar-refractivity contribution in [2.75, 3.05) is 25.1 Å². The third-order valence-electron chi connectivity index (χ3n) is 6.67. The van der Waals surface area contributed by atoms with Crippen LogP contribution < -0.4 is 15.0 Å². The maximum Gasteiger partial charge on any atom is 0.318 e. The summed E-state index contributed by atoms with van der Waals surface area (Å²) >= 11 is 0. The average molecular weight is 490 g/mol. The lowest BCUT2D eigenvalue weighted by atomic mass is 9.97. The fourth-order valence-corrected chi connectivity index (χ4v) is 5.02. The van der Waals surface area contributed by atoms with Gasteiger partial charge in [0.25, 0.3) is 0 Å². The molecule has 2 bridgehead atoms. The van der Waals surface area contributed by atoms with E-state index in [-0.39, 0.29) is 28.7 Å². The highest BCUT2D eigenvalue weighted by molar-refractivity contribution is 6.00. The fourth-order valence-electron chi connectivity index (χ4n) is 5.02. The van der Waals surface area contributed by atoms with E-state index in [1.807, 2.05) is 0 Å². The Morgan fingerprint density at radius 2 is 2.08 bits per heavy atom. The second kappa shape index (κ2) is 9.55. The predicted molar refractivity (Wildman–Crippen MR) is 136 cm³/mol. The van der Waals surface area contributed by atoms with Gasteiger partial charge in [-0.2, -0.15) is 9.97 Å². The van der Waals surface area contributed by atoms with E-state index in [4.69, 9.17) is 11.2 Å². The van der Waals surface area contributed by atoms with Gasteiger partial charge in [0.2, 0.25) is 0 Å². The number of piperazine rings is 1. The highest BCUT2D eigenvalue weighted by atomic mass is 19.1. The van der Waals surface area contributed by atoms with Crippen LogP contribution in [0.3, 0.4) is 0 Å². The van der Waals surface area contributed by atoms with E-state index in [0.29, 0.717) is 52.9 Å². The molecule has 3 heterocycles. The summed E-state index contributed by atoms with van der Waals surface area (Å²) in [6, 6.07) is 6.43. The summed E-state index contributed by atoms with van der Waals surface area (Å²) in [6.07, 6.45) is 9.18. The molecule has 2 N–H and O–H groups in total. The van der Waals surface area contributed by atoms with Crippen LogP contribution in [0.4, 0.5) is 14.6 Å². The van der Waals surface area contributed by atoms with Gasteiger partial charge in [-0.25, -0.2) is 8.78 Å². The highest BCUT2D eigenvalue weighted by Crippen LogP contribution is 2.34. The maximum atomic E-state index is 14.5. The maximum absolute atomic E-state index is 14.5. The van der Waals surface area contributed by atoms with Gasteiger partial charge < -0.3 is 20.1 Å². The van der Waals surface area contributed by atoms with E-state index in [9.17, 15) is 13.9 Å². The Hall–Kier alpha value is -4.03. The summed E-state index contributed by atoms with van der Waals surface area (Å²) in [6.45, 7) is 4.60. The van der Waals surface area contributed by atoms with Gasteiger partial charge in [0.1, 0.15) is 24.1 Å². The molecular weight excluding hydrogens is 464 g/mol. The minimum absolute atomic E-state index is 0.0439. The van der Waals surface area contributed by atoms with Crippen molar-refractivity contribution in [2.24, 2.45) is 4.99 Å². The number of hydrogen-bond donors (Lipinski definition) is 2. The van der Waals surface area contributed by atoms with Gasteiger partial charge in [-0.15, -0.1) is 6.42 Å². The standard InChI is InChI=1S/C27H25F2N5O2/c1-4-20-23(29)8-5-16-9-19(35)10-21(25(16)20)15(2)30-12-22-24(11-28)32-27(36-3)33-26(22)34-13-17-6-7-18(14-34)31-17/h1,5,8-10,12,17-18,31,35H,2,6-7,11,13-14H2,3H3. The third-order valence-corrected chi connectivity index (χ3v) is 6.67. The van der Waals surface area contributed by atoms with Gasteiger partial charge in [-0.05, 0) is 36.4 Å². The molecule has 5 rings (SSSR count). The first-order valence-corrected chi connectivity index (χ1v) is 11.6. The molecule has 7 nitrogen and oxygen atoms in total. The largest absolute Gasteiger partial charge is 0.508 e. The van der Waals surface area contributed by atoms with Crippen molar-refractivity contribution in [3.63, 3.8) is 0 Å². The third kappa shape index (κ3) is 4.25. The number of ether oxygens (including phenoxy) is 1. The second-order valence-corrected chi connectivity index (χ2v) is 8.93. The van der Waals surface area contributed by atoms with Crippen LogP contribution in [-0.2, 0) is 6.67 Å². The van der Waals surface area contributed by atoms with Crippen molar-refractivity contribution in [3.8, 4) is 24.1 Å². The highest BCUT2D eigenvalue weighted by Gasteiger charge is 2.34. The number of rotatable bonds is 6. The van der Waals surface area contributed by atoms with Crippen LogP contribution in [0, 0.1) is 18.2 Å². The lowest BCUT2D eigenvalue weighted by molar-refractivity contribution is 0.371. The number of anilines is 1. The number of fused-ring (bicyclic) bond motifs is 3. The summed E-state index contributed by atoms with van der Waals surface area (Å²) in [5.74, 6) is 2.30. The van der Waals surface area contributed by atoms with Crippen LogP contribution in [0.25, 0.3) is 16.5 Å². The van der Waals surface area contributed by atoms with Gasteiger partial charge in [0.15, 0.2) is 0 Å². The fraction of sp³-hybridized carbons (Fsp3) is 0.296. The Morgan fingerprint density at radius 3 is 2.75 bits per heavy atom. The zero-order chi connectivity index (χ0) is 25.4. The van der Waals surface area contributed by atoms with E-state index in [1.165, 1.54) is 37.6 Å². The molecule has 2 fully saturated rings. The number of methoxy groups -OCH3 is 1. The van der Waals surface area contributed by atoms with Crippen LogP contribution in [-0.4, -0.2) is 53.6 Å². The topological polar surface area (TPSA) is 82.9 Å². The molecule has 0 spiro atoms. The summed E-state index contributed by atoms with van der Waals surface area (Å²) in [7, 11) is 1.44. The quantitative estimate of drug-likeness (QED) is 0.403. The monoisotopic (exact) mass is 489 g/mol. The van der Waals surface area contributed by atoms with Crippen molar-refractivity contribution in [1.82, 2.24) is 15.3 Å². The van der Waals surface area contributed by atoms with Gasteiger partial charge in [-0.1, -0.05) is 18.6 Å². The van der Waals surface area contributed by atoms with Crippen LogP contribution in [0.15, 0.2) is 35.8 Å². The number of aromatic nitrogens is 2. The zero-order valence-electron chi connectivity index (χ0n) is 19.8. The van der Waals surface area contributed by atoms with E-state index < -0.39 is 12.5 Å². The van der Waals surface area contributed by atoms with E-state index in [1.54, 1.807) is 0 Å². The lowest BCUT2D eigenvalue weighted by Crippen LogP contribution is -2.51. The second-order valence-electron chi connectivity index (χ2n) is 8.93. The first-order valence-electron chi connectivity index (χ1n) is 11.6. The van der Waals surface area contributed by atoms with Crippen molar-refractivity contribution in [3.05, 3.63) is 59.0 Å². The Bertz CT molecular complexity index is 1420. The summed E-state index contributed by atoms with van der Waals surface area (Å²) < 4.78 is 33.8. The zero-order valence-corrected chi connectivity index (χ0v) is 19.8. The normalized spacial score (nSPS) is 19.1. The van der Waals surface area contributed by atoms with Crippen LogP contribution >= 0.6 is 0 Å². The number of alkyl halides is 1. The molecule has 184 valence electrons. The van der Waals surface area contributed by atoms with Crippen molar-refractivity contribution < 1.29 is 18.6 Å². The molecule has 2 saturated heterocycles. The van der Waals surface area contributed by atoms with Crippen molar-refractivity contribution >= 4 is 28.5 Å². The molecule has 2 aliphatic rings. The molecule has 3 aromatic rings. The molecule has 2 unspecified atom stereocenters. The molecule has 2 aliphatic heterocycles. The number of phenolic OH excluding ortho intramolecular Hbond substituents is 1. The molecule has 0 radical (unpaired) electrons. The van der Waals surface area contributed by atoms with Gasteiger partial charge in [-0.3, -0.25) is 4.99 Å². The molecule has 0 saturated carbocycles. The number of nitrogens with one attached hydrogen (secondary N) is 1. The molecule has 1 aromatic heterocycles. The molecule has 2 aromatic carbocycles. The van der Waals surface area contributed by atoms with Crippen LogP contribution in [0.5, 0.6) is 11.8 Å². The average Bonchev–Trinajstić information content (AvgIpc) is 3.23. The van der Waals surface area contributed by atoms with Gasteiger partial charge in [0, 0.05) is 42.3 Å². The molecule has 36 heavy (non-hydrogen) atoms. The molecule has 0 aliphatic carbocycles. The van der Waals surface area contributed by atoms with Crippen LogP contribution in [0.2, 0.25) is 0 Å². The number of nitrogens with zero attached hydrogens (tertiary/aromatic N) is 4. The minimum Gasteiger partial charge on any atom is -0.508 e. The molecule has 0 amide bonds. The van der Waals surface area contributed by atoms with Gasteiger partial charge >= 0.3 is 6.01 Å². The lowest BCUT2D eigenvalue weighted by Gasteiger charge is -2.34. The Labute approximate surface area is 207 Å². The molecule has 9 heteroatoms. The number of aromatic hydroxyl groups is 1. The minimum atomic E-state index is -0.847. The first-order chi connectivity index (χ1) is 17.4. The summed E-state index contributed by atoms with van der Waals surface area (Å²) in [5.41, 5.74) is 1.17.